The molecule has 0 fully saturated rings. The third-order valence-electron chi connectivity index (χ3n) is 3.79. The van der Waals surface area contributed by atoms with Gasteiger partial charge in [-0.2, -0.15) is 0 Å². The van der Waals surface area contributed by atoms with Gasteiger partial charge in [0.2, 0.25) is 0 Å². The van der Waals surface area contributed by atoms with E-state index in [9.17, 15) is 14.4 Å². The van der Waals surface area contributed by atoms with Crippen molar-refractivity contribution in [3.05, 3.63) is 71.8 Å². The second-order valence-corrected chi connectivity index (χ2v) is 7.47. The van der Waals surface area contributed by atoms with E-state index in [-0.39, 0.29) is 24.8 Å². The van der Waals surface area contributed by atoms with Crippen LogP contribution in [-0.4, -0.2) is 29.9 Å². The molecule has 148 valence electrons. The lowest BCUT2D eigenvalue weighted by atomic mass is 10.0. The van der Waals surface area contributed by atoms with Gasteiger partial charge in [0.05, 0.1) is 12.5 Å². The molecule has 0 aliphatic rings. The van der Waals surface area contributed by atoms with Gasteiger partial charge in [-0.05, 0) is 38.5 Å². The van der Waals surface area contributed by atoms with Crippen molar-refractivity contribution in [2.75, 3.05) is 6.61 Å². The van der Waals surface area contributed by atoms with E-state index in [1.165, 1.54) is 0 Å². The maximum Gasteiger partial charge on any atom is 0.308 e. The Balaban J connectivity index is 2.01. The van der Waals surface area contributed by atoms with Crippen LogP contribution in [0.4, 0.5) is 0 Å². The van der Waals surface area contributed by atoms with Crippen molar-refractivity contribution in [1.82, 2.24) is 10.6 Å². The van der Waals surface area contributed by atoms with E-state index in [0.717, 1.165) is 5.56 Å². The van der Waals surface area contributed by atoms with Crippen molar-refractivity contribution < 1.29 is 19.1 Å². The SMILES string of the molecule is CC(C)(C)NC(=O)COC(=O)C[C@@H](NC(=O)c1ccccc1)c1ccccc1. The summed E-state index contributed by atoms with van der Waals surface area (Å²) in [6, 6.07) is 17.4. The van der Waals surface area contributed by atoms with Crippen LogP contribution >= 0.6 is 0 Å². The topological polar surface area (TPSA) is 84.5 Å². The molecule has 0 radical (unpaired) electrons. The van der Waals surface area contributed by atoms with Crippen LogP contribution in [-0.2, 0) is 14.3 Å². The van der Waals surface area contributed by atoms with Crippen molar-refractivity contribution in [2.45, 2.75) is 38.8 Å². The number of benzene rings is 2. The van der Waals surface area contributed by atoms with E-state index in [0.29, 0.717) is 5.56 Å². The number of carbonyl (C=O) groups is 3. The molecular formula is C22H26N2O4. The van der Waals surface area contributed by atoms with E-state index in [1.54, 1.807) is 24.3 Å². The van der Waals surface area contributed by atoms with Gasteiger partial charge in [-0.3, -0.25) is 14.4 Å². The lowest BCUT2D eigenvalue weighted by Crippen LogP contribution is -2.43. The van der Waals surface area contributed by atoms with Gasteiger partial charge in [0.15, 0.2) is 6.61 Å². The molecule has 2 N–H and O–H groups in total. The maximum absolute atomic E-state index is 12.5. The van der Waals surface area contributed by atoms with E-state index in [4.69, 9.17) is 4.74 Å². The standard InChI is InChI=1S/C22H26N2O4/c1-22(2,3)24-19(25)15-28-20(26)14-18(16-10-6-4-7-11-16)23-21(27)17-12-8-5-9-13-17/h4-13,18H,14-15H2,1-3H3,(H,23,27)(H,24,25)/t18-/m1/s1. The number of hydrogen-bond acceptors (Lipinski definition) is 4. The lowest BCUT2D eigenvalue weighted by Gasteiger charge is -2.21. The minimum absolute atomic E-state index is 0.0780. The number of nitrogens with one attached hydrogen (secondary N) is 2. The zero-order valence-corrected chi connectivity index (χ0v) is 16.4. The first-order chi connectivity index (χ1) is 13.2. The van der Waals surface area contributed by atoms with Crippen LogP contribution in [0.3, 0.4) is 0 Å². The van der Waals surface area contributed by atoms with Gasteiger partial charge in [0.25, 0.3) is 11.8 Å². The fourth-order valence-electron chi connectivity index (χ4n) is 2.59. The number of carbonyl (C=O) groups excluding carboxylic acids is 3. The highest BCUT2D eigenvalue weighted by molar-refractivity contribution is 5.94. The van der Waals surface area contributed by atoms with Gasteiger partial charge >= 0.3 is 5.97 Å². The maximum atomic E-state index is 12.5. The zero-order valence-electron chi connectivity index (χ0n) is 16.4. The largest absolute Gasteiger partial charge is 0.456 e. The van der Waals surface area contributed by atoms with Crippen LogP contribution in [0.2, 0.25) is 0 Å². The van der Waals surface area contributed by atoms with Crippen molar-refractivity contribution in [3.8, 4) is 0 Å². The van der Waals surface area contributed by atoms with Gasteiger partial charge < -0.3 is 15.4 Å². The summed E-state index contributed by atoms with van der Waals surface area (Å²) in [5.41, 5.74) is 0.879. The summed E-state index contributed by atoms with van der Waals surface area (Å²) in [5, 5.41) is 5.59. The van der Waals surface area contributed by atoms with Crippen LogP contribution in [0.25, 0.3) is 0 Å². The van der Waals surface area contributed by atoms with E-state index < -0.39 is 17.6 Å². The van der Waals surface area contributed by atoms with E-state index in [2.05, 4.69) is 10.6 Å². The molecule has 0 spiro atoms. The molecule has 2 aromatic carbocycles. The molecule has 0 aromatic heterocycles. The van der Waals surface area contributed by atoms with Gasteiger partial charge in [-0.15, -0.1) is 0 Å². The summed E-state index contributed by atoms with van der Waals surface area (Å²) in [5.74, 6) is -1.22. The summed E-state index contributed by atoms with van der Waals surface area (Å²) in [6.07, 6.45) is -0.0780. The summed E-state index contributed by atoms with van der Waals surface area (Å²) >= 11 is 0. The Bertz CT molecular complexity index is 798. The Morgan fingerprint density at radius 1 is 0.929 bits per heavy atom. The average molecular weight is 382 g/mol. The number of amides is 2. The third-order valence-corrected chi connectivity index (χ3v) is 3.79. The summed E-state index contributed by atoms with van der Waals surface area (Å²) < 4.78 is 5.09. The zero-order chi connectivity index (χ0) is 20.6. The first-order valence-electron chi connectivity index (χ1n) is 9.12. The van der Waals surface area contributed by atoms with Crippen molar-refractivity contribution in [2.24, 2.45) is 0 Å². The average Bonchev–Trinajstić information content (AvgIpc) is 2.66. The van der Waals surface area contributed by atoms with Gasteiger partial charge in [0.1, 0.15) is 0 Å². The fraction of sp³-hybridized carbons (Fsp3) is 0.318. The Morgan fingerprint density at radius 3 is 2.07 bits per heavy atom. The molecule has 28 heavy (non-hydrogen) atoms. The molecule has 0 aliphatic heterocycles. The lowest BCUT2D eigenvalue weighted by molar-refractivity contribution is -0.149. The van der Waals surface area contributed by atoms with Crippen molar-refractivity contribution in [3.63, 3.8) is 0 Å². The van der Waals surface area contributed by atoms with Crippen molar-refractivity contribution in [1.29, 1.82) is 0 Å². The van der Waals surface area contributed by atoms with E-state index in [1.807, 2.05) is 57.2 Å². The first-order valence-corrected chi connectivity index (χ1v) is 9.12. The van der Waals surface area contributed by atoms with Crippen LogP contribution in [0, 0.1) is 0 Å². The number of hydrogen-bond donors (Lipinski definition) is 2. The van der Waals surface area contributed by atoms with E-state index >= 15 is 0 Å². The molecular weight excluding hydrogens is 356 g/mol. The highest BCUT2D eigenvalue weighted by Crippen LogP contribution is 2.18. The number of rotatable bonds is 7. The summed E-state index contributed by atoms with van der Waals surface area (Å²) in [4.78, 5) is 36.6. The van der Waals surface area contributed by atoms with Crippen molar-refractivity contribution >= 4 is 17.8 Å². The Hall–Kier alpha value is -3.15. The molecule has 0 saturated heterocycles. The molecule has 1 atom stereocenters. The van der Waals surface area contributed by atoms with Crippen LogP contribution in [0.15, 0.2) is 60.7 Å². The van der Waals surface area contributed by atoms with Gasteiger partial charge in [-0.1, -0.05) is 48.5 Å². The third kappa shape index (κ3) is 7.23. The quantitative estimate of drug-likeness (QED) is 0.721. The molecule has 2 rings (SSSR count). The van der Waals surface area contributed by atoms with Crippen LogP contribution in [0.1, 0.15) is 49.2 Å². The van der Waals surface area contributed by atoms with Crippen LogP contribution in [0.5, 0.6) is 0 Å². The Labute approximate surface area is 165 Å². The number of esters is 1. The molecule has 0 unspecified atom stereocenters. The second kappa shape index (κ2) is 9.69. The minimum atomic E-state index is -0.564. The fourth-order valence-corrected chi connectivity index (χ4v) is 2.59. The predicted octanol–water partition coefficient (Wildman–Crippen LogP) is 3.01. The van der Waals surface area contributed by atoms with Gasteiger partial charge in [0, 0.05) is 11.1 Å². The molecule has 0 bridgehead atoms. The Morgan fingerprint density at radius 2 is 1.50 bits per heavy atom. The van der Waals surface area contributed by atoms with Crippen LogP contribution < -0.4 is 10.6 Å². The molecule has 6 heteroatoms. The second-order valence-electron chi connectivity index (χ2n) is 7.47. The number of ether oxygens (including phenoxy) is 1. The molecule has 6 nitrogen and oxygen atoms in total. The Kier molecular flexibility index (Phi) is 7.32. The molecule has 2 amide bonds. The molecule has 0 saturated carbocycles. The smallest absolute Gasteiger partial charge is 0.308 e. The molecule has 0 aliphatic carbocycles. The van der Waals surface area contributed by atoms with Gasteiger partial charge in [-0.25, -0.2) is 0 Å². The normalized spacial score (nSPS) is 12.0. The molecule has 2 aromatic rings. The minimum Gasteiger partial charge on any atom is -0.456 e. The summed E-state index contributed by atoms with van der Waals surface area (Å²) in [7, 11) is 0. The predicted molar refractivity (Wildman–Crippen MR) is 107 cm³/mol. The molecule has 0 heterocycles. The monoisotopic (exact) mass is 382 g/mol. The summed E-state index contributed by atoms with van der Waals surface area (Å²) in [6.45, 7) is 5.18. The highest BCUT2D eigenvalue weighted by atomic mass is 16.5. The highest BCUT2D eigenvalue weighted by Gasteiger charge is 2.21. The first kappa shape index (κ1) is 21.2.